The Hall–Kier alpha value is -1.40. The van der Waals surface area contributed by atoms with Crippen LogP contribution in [0.2, 0.25) is 0 Å². The summed E-state index contributed by atoms with van der Waals surface area (Å²) in [5.41, 5.74) is 0.543. The number of hydrogen-bond donors (Lipinski definition) is 2. The van der Waals surface area contributed by atoms with Gasteiger partial charge in [-0.3, -0.25) is 4.79 Å². The molecule has 2 aromatic heterocycles. The first-order valence-electron chi connectivity index (χ1n) is 6.69. The number of halogens is 1. The molecule has 2 heterocycles. The van der Waals surface area contributed by atoms with Crippen LogP contribution in [0.5, 0.6) is 0 Å². The monoisotopic (exact) mass is 367 g/mol. The predicted octanol–water partition coefficient (Wildman–Crippen LogP) is 3.62. The van der Waals surface area contributed by atoms with Crippen LogP contribution in [0.4, 0.5) is 5.82 Å². The van der Waals surface area contributed by atoms with Crippen molar-refractivity contribution in [1.29, 1.82) is 0 Å². The highest BCUT2D eigenvalue weighted by atomic mass is 79.9. The second kappa shape index (κ2) is 7.04. The van der Waals surface area contributed by atoms with Crippen molar-refractivity contribution in [2.45, 2.75) is 26.3 Å². The van der Waals surface area contributed by atoms with Gasteiger partial charge in [0, 0.05) is 39.9 Å². The molecule has 0 bridgehead atoms. The van der Waals surface area contributed by atoms with Crippen LogP contribution >= 0.6 is 27.3 Å². The molecule has 21 heavy (non-hydrogen) atoms. The first-order chi connectivity index (χ1) is 9.99. The summed E-state index contributed by atoms with van der Waals surface area (Å²) in [4.78, 5) is 19.1. The fraction of sp³-hybridized carbons (Fsp3) is 0.333. The molecule has 112 valence electrons. The topological polar surface area (TPSA) is 54.0 Å². The van der Waals surface area contributed by atoms with Crippen LogP contribution in [0.25, 0.3) is 0 Å². The Labute approximate surface area is 137 Å². The van der Waals surface area contributed by atoms with Crippen LogP contribution in [0.15, 0.2) is 28.9 Å². The molecule has 2 N–H and O–H groups in total. The van der Waals surface area contributed by atoms with Crippen LogP contribution in [-0.2, 0) is 6.42 Å². The van der Waals surface area contributed by atoms with Crippen molar-refractivity contribution < 1.29 is 4.79 Å². The molecule has 0 fully saturated rings. The first kappa shape index (κ1) is 16.0. The van der Waals surface area contributed by atoms with Gasteiger partial charge in [-0.1, -0.05) is 0 Å². The van der Waals surface area contributed by atoms with Crippen molar-refractivity contribution in [3.8, 4) is 0 Å². The third-order valence-electron chi connectivity index (χ3n) is 3.02. The lowest BCUT2D eigenvalue weighted by Crippen LogP contribution is -2.34. The van der Waals surface area contributed by atoms with E-state index in [1.165, 1.54) is 9.75 Å². The highest BCUT2D eigenvalue weighted by molar-refractivity contribution is 9.10. The number of carbonyl (C=O) groups is 1. The Kier molecular flexibility index (Phi) is 5.36. The number of anilines is 1. The van der Waals surface area contributed by atoms with Gasteiger partial charge in [0.15, 0.2) is 0 Å². The lowest BCUT2D eigenvalue weighted by molar-refractivity contribution is 0.0940. The number of carbonyl (C=O) groups excluding carboxylic acids is 1. The van der Waals surface area contributed by atoms with Gasteiger partial charge < -0.3 is 10.6 Å². The Balaban J connectivity index is 2.05. The van der Waals surface area contributed by atoms with Crippen LogP contribution in [0, 0.1) is 6.92 Å². The summed E-state index contributed by atoms with van der Waals surface area (Å²) in [6, 6.07) is 6.06. The summed E-state index contributed by atoms with van der Waals surface area (Å²) in [6.07, 6.45) is 2.50. The van der Waals surface area contributed by atoms with Crippen molar-refractivity contribution >= 4 is 39.0 Å². The summed E-state index contributed by atoms with van der Waals surface area (Å²) in [6.45, 7) is 4.10. The number of nitrogens with zero attached hydrogens (tertiary/aromatic N) is 1. The molecule has 0 radical (unpaired) electrons. The Morgan fingerprint density at radius 1 is 1.48 bits per heavy atom. The molecule has 2 rings (SSSR count). The molecule has 1 unspecified atom stereocenters. The van der Waals surface area contributed by atoms with E-state index in [1.807, 2.05) is 6.92 Å². The van der Waals surface area contributed by atoms with Gasteiger partial charge in [-0.25, -0.2) is 4.98 Å². The van der Waals surface area contributed by atoms with Crippen molar-refractivity contribution in [3.63, 3.8) is 0 Å². The summed E-state index contributed by atoms with van der Waals surface area (Å²) in [7, 11) is 1.75. The molecule has 1 amide bonds. The number of pyridine rings is 1. The largest absolute Gasteiger partial charge is 0.372 e. The van der Waals surface area contributed by atoms with E-state index in [9.17, 15) is 4.79 Å². The van der Waals surface area contributed by atoms with E-state index in [4.69, 9.17) is 0 Å². The lowest BCUT2D eigenvalue weighted by atomic mass is 10.1. The molecular formula is C15H18BrN3OS. The van der Waals surface area contributed by atoms with Gasteiger partial charge in [0.2, 0.25) is 0 Å². The fourth-order valence-electron chi connectivity index (χ4n) is 2.06. The Morgan fingerprint density at radius 3 is 2.86 bits per heavy atom. The number of amides is 1. The van der Waals surface area contributed by atoms with E-state index < -0.39 is 0 Å². The van der Waals surface area contributed by atoms with Crippen LogP contribution in [-0.4, -0.2) is 24.0 Å². The Bertz CT molecular complexity index is 642. The maximum absolute atomic E-state index is 12.4. The van der Waals surface area contributed by atoms with Crippen molar-refractivity contribution in [2.75, 3.05) is 12.4 Å². The molecule has 0 saturated carbocycles. The number of aryl methyl sites for hydroxylation is 1. The summed E-state index contributed by atoms with van der Waals surface area (Å²) in [5, 5.41) is 5.96. The third kappa shape index (κ3) is 4.28. The second-order valence-electron chi connectivity index (χ2n) is 4.89. The maximum Gasteiger partial charge on any atom is 0.255 e. The fourth-order valence-corrected chi connectivity index (χ4v) is 3.41. The molecule has 1 atom stereocenters. The van der Waals surface area contributed by atoms with Gasteiger partial charge in [0.25, 0.3) is 5.91 Å². The molecule has 0 spiro atoms. The number of hydrogen-bond acceptors (Lipinski definition) is 4. The molecule has 4 nitrogen and oxygen atoms in total. The van der Waals surface area contributed by atoms with Gasteiger partial charge in [-0.2, -0.15) is 0 Å². The number of aromatic nitrogens is 1. The van der Waals surface area contributed by atoms with Crippen molar-refractivity contribution in [3.05, 3.63) is 44.2 Å². The average molecular weight is 368 g/mol. The zero-order valence-corrected chi connectivity index (χ0v) is 14.6. The van der Waals surface area contributed by atoms with Crippen molar-refractivity contribution in [2.24, 2.45) is 0 Å². The van der Waals surface area contributed by atoms with Crippen LogP contribution < -0.4 is 10.6 Å². The zero-order valence-electron chi connectivity index (χ0n) is 12.2. The number of nitrogens with one attached hydrogen (secondary N) is 2. The van der Waals surface area contributed by atoms with Gasteiger partial charge in [0.05, 0.1) is 5.56 Å². The smallest absolute Gasteiger partial charge is 0.255 e. The minimum Gasteiger partial charge on any atom is -0.372 e. The van der Waals surface area contributed by atoms with E-state index in [0.717, 1.165) is 10.9 Å². The standard InChI is InChI=1S/C15H18BrN3OS/c1-9(6-12-5-4-10(2)21-12)19-15(20)13-7-11(16)8-18-14(13)17-3/h4-5,7-9H,6H2,1-3H3,(H,17,18)(H,19,20). The molecular weight excluding hydrogens is 350 g/mol. The molecule has 0 aliphatic heterocycles. The predicted molar refractivity (Wildman–Crippen MR) is 91.2 cm³/mol. The molecule has 0 saturated heterocycles. The highest BCUT2D eigenvalue weighted by Gasteiger charge is 2.15. The molecule has 6 heteroatoms. The summed E-state index contributed by atoms with van der Waals surface area (Å²) < 4.78 is 0.785. The molecule has 0 aliphatic carbocycles. The van der Waals surface area contributed by atoms with E-state index in [0.29, 0.717) is 11.4 Å². The first-order valence-corrected chi connectivity index (χ1v) is 8.30. The summed E-state index contributed by atoms with van der Waals surface area (Å²) >= 11 is 5.11. The average Bonchev–Trinajstić information content (AvgIpc) is 2.83. The minimum absolute atomic E-state index is 0.0687. The van der Waals surface area contributed by atoms with Crippen LogP contribution in [0.3, 0.4) is 0 Å². The van der Waals surface area contributed by atoms with E-state index in [1.54, 1.807) is 30.6 Å². The number of rotatable bonds is 5. The van der Waals surface area contributed by atoms with Gasteiger partial charge in [-0.05, 0) is 48.0 Å². The second-order valence-corrected chi connectivity index (χ2v) is 7.18. The van der Waals surface area contributed by atoms with E-state index in [-0.39, 0.29) is 11.9 Å². The van der Waals surface area contributed by atoms with E-state index >= 15 is 0 Å². The maximum atomic E-state index is 12.4. The normalized spacial score (nSPS) is 12.0. The molecule has 0 aliphatic rings. The van der Waals surface area contributed by atoms with Gasteiger partial charge in [-0.15, -0.1) is 11.3 Å². The lowest BCUT2D eigenvalue weighted by Gasteiger charge is -2.14. The molecule has 0 aromatic carbocycles. The van der Waals surface area contributed by atoms with E-state index in [2.05, 4.69) is 50.6 Å². The third-order valence-corrected chi connectivity index (χ3v) is 4.47. The minimum atomic E-state index is -0.117. The van der Waals surface area contributed by atoms with Gasteiger partial charge >= 0.3 is 0 Å². The quantitative estimate of drug-likeness (QED) is 0.848. The highest BCUT2D eigenvalue weighted by Crippen LogP contribution is 2.19. The summed E-state index contributed by atoms with van der Waals surface area (Å²) in [5.74, 6) is 0.462. The SMILES string of the molecule is CNc1ncc(Br)cc1C(=O)NC(C)Cc1ccc(C)s1. The van der Waals surface area contributed by atoms with Crippen LogP contribution in [0.1, 0.15) is 27.0 Å². The number of thiophene rings is 1. The molecule has 2 aromatic rings. The Morgan fingerprint density at radius 2 is 2.24 bits per heavy atom. The van der Waals surface area contributed by atoms with Gasteiger partial charge in [0.1, 0.15) is 5.82 Å². The van der Waals surface area contributed by atoms with Crippen molar-refractivity contribution in [1.82, 2.24) is 10.3 Å². The zero-order chi connectivity index (χ0) is 15.4.